The first-order chi connectivity index (χ1) is 13.8. The van der Waals surface area contributed by atoms with E-state index in [2.05, 4.69) is 21.2 Å². The van der Waals surface area contributed by atoms with Gasteiger partial charge in [-0.2, -0.15) is 0 Å². The van der Waals surface area contributed by atoms with Crippen molar-refractivity contribution in [1.82, 2.24) is 9.13 Å². The number of benzene rings is 1. The summed E-state index contributed by atoms with van der Waals surface area (Å²) in [6.45, 7) is 4.62. The van der Waals surface area contributed by atoms with Gasteiger partial charge in [-0.05, 0) is 53.0 Å². The van der Waals surface area contributed by atoms with Crippen molar-refractivity contribution < 1.29 is 14.3 Å². The Bertz CT molecular complexity index is 1130. The molecule has 0 saturated carbocycles. The standard InChI is InChI=1S/C20H22BrN3O5/c1-5-7-24-18-15(19(26)23(3)20(24)27)16(25)13(22-18)9-11-8-12(21)17(28-4)14(10-11)29-6-2/h8-10,22H,5-7H2,1-4H3. The van der Waals surface area contributed by atoms with Crippen molar-refractivity contribution in [1.29, 1.82) is 0 Å². The number of halogens is 1. The van der Waals surface area contributed by atoms with Crippen LogP contribution in [0.15, 0.2) is 31.9 Å². The van der Waals surface area contributed by atoms with E-state index in [1.54, 1.807) is 25.3 Å². The predicted molar refractivity (Wildman–Crippen MR) is 114 cm³/mol. The SMILES string of the molecule is CCCn1c2c(c(=O)n(C)c1=O)C(=O)C(=Cc1cc(Br)c(OC)c(OCC)c1)N2. The Kier molecular flexibility index (Phi) is 5.97. The Labute approximate surface area is 175 Å². The first kappa shape index (κ1) is 20.9. The van der Waals surface area contributed by atoms with E-state index in [0.717, 1.165) is 4.57 Å². The fraction of sp³-hybridized carbons (Fsp3) is 0.350. The molecule has 2 aromatic rings. The number of ketones is 1. The third-order valence-corrected chi connectivity index (χ3v) is 5.15. The molecule has 0 fully saturated rings. The minimum Gasteiger partial charge on any atom is -0.492 e. The number of nitrogens with one attached hydrogen (secondary N) is 1. The second-order valence-electron chi connectivity index (χ2n) is 6.50. The van der Waals surface area contributed by atoms with Gasteiger partial charge in [0.1, 0.15) is 11.4 Å². The number of ether oxygens (including phenoxy) is 2. The molecular weight excluding hydrogens is 442 g/mol. The molecular formula is C20H22BrN3O5. The summed E-state index contributed by atoms with van der Waals surface area (Å²) in [6, 6.07) is 3.53. The minimum absolute atomic E-state index is 0.0237. The number of allylic oxidation sites excluding steroid dienone is 1. The van der Waals surface area contributed by atoms with Gasteiger partial charge in [0.2, 0.25) is 5.78 Å². The summed E-state index contributed by atoms with van der Waals surface area (Å²) < 4.78 is 14.0. The molecule has 1 aromatic heterocycles. The molecule has 0 bridgehead atoms. The van der Waals surface area contributed by atoms with Crippen molar-refractivity contribution >= 4 is 33.6 Å². The number of rotatable bonds is 6. The molecule has 0 atom stereocenters. The van der Waals surface area contributed by atoms with Crippen LogP contribution in [0.4, 0.5) is 5.82 Å². The second kappa shape index (κ2) is 8.28. The first-order valence-electron chi connectivity index (χ1n) is 9.21. The highest BCUT2D eigenvalue weighted by Gasteiger charge is 2.32. The quantitative estimate of drug-likeness (QED) is 0.662. The van der Waals surface area contributed by atoms with Gasteiger partial charge in [0.25, 0.3) is 5.56 Å². The van der Waals surface area contributed by atoms with Gasteiger partial charge in [0.15, 0.2) is 11.5 Å². The van der Waals surface area contributed by atoms with Crippen LogP contribution in [0.2, 0.25) is 0 Å². The lowest BCUT2D eigenvalue weighted by molar-refractivity contribution is 0.104. The topological polar surface area (TPSA) is 91.6 Å². The number of aromatic nitrogens is 2. The molecule has 0 saturated heterocycles. The molecule has 1 aliphatic rings. The largest absolute Gasteiger partial charge is 0.492 e. The highest BCUT2D eigenvalue weighted by atomic mass is 79.9. The van der Waals surface area contributed by atoms with Crippen molar-refractivity contribution in [2.24, 2.45) is 7.05 Å². The molecule has 1 aromatic carbocycles. The van der Waals surface area contributed by atoms with E-state index >= 15 is 0 Å². The van der Waals surface area contributed by atoms with Gasteiger partial charge in [-0.15, -0.1) is 0 Å². The van der Waals surface area contributed by atoms with Crippen molar-refractivity contribution in [3.63, 3.8) is 0 Å². The number of hydrogen-bond donors (Lipinski definition) is 1. The zero-order chi connectivity index (χ0) is 21.3. The average molecular weight is 464 g/mol. The maximum absolute atomic E-state index is 12.9. The Morgan fingerprint density at radius 2 is 1.93 bits per heavy atom. The molecule has 8 nitrogen and oxygen atoms in total. The smallest absolute Gasteiger partial charge is 0.332 e. The Hall–Kier alpha value is -2.81. The molecule has 3 rings (SSSR count). The second-order valence-corrected chi connectivity index (χ2v) is 7.36. The summed E-state index contributed by atoms with van der Waals surface area (Å²) in [5.74, 6) is 0.871. The van der Waals surface area contributed by atoms with Gasteiger partial charge in [0, 0.05) is 13.6 Å². The summed E-state index contributed by atoms with van der Waals surface area (Å²) in [6.07, 6.45) is 2.30. The van der Waals surface area contributed by atoms with Gasteiger partial charge >= 0.3 is 5.69 Å². The third kappa shape index (κ3) is 3.62. The van der Waals surface area contributed by atoms with Crippen molar-refractivity contribution in [2.45, 2.75) is 26.8 Å². The Balaban J connectivity index is 2.13. The molecule has 0 unspecified atom stereocenters. The maximum Gasteiger partial charge on any atom is 0.332 e. The molecule has 154 valence electrons. The highest BCUT2D eigenvalue weighted by Crippen LogP contribution is 2.37. The van der Waals surface area contributed by atoms with Gasteiger partial charge in [-0.25, -0.2) is 4.79 Å². The molecule has 0 spiro atoms. The minimum atomic E-state index is -0.607. The monoisotopic (exact) mass is 463 g/mol. The number of carbonyl (C=O) groups is 1. The number of Topliss-reactive ketones (excluding diaryl/α,β-unsaturated/α-hetero) is 1. The lowest BCUT2D eigenvalue weighted by Crippen LogP contribution is -2.40. The summed E-state index contributed by atoms with van der Waals surface area (Å²) in [7, 11) is 2.92. The maximum atomic E-state index is 12.9. The average Bonchev–Trinajstić information content (AvgIpc) is 3.00. The van der Waals surface area contributed by atoms with E-state index in [0.29, 0.717) is 41.1 Å². The van der Waals surface area contributed by atoms with E-state index in [4.69, 9.17) is 9.47 Å². The van der Waals surface area contributed by atoms with Crippen LogP contribution in [0.1, 0.15) is 36.2 Å². The Morgan fingerprint density at radius 1 is 1.21 bits per heavy atom. The van der Waals surface area contributed by atoms with E-state index in [-0.39, 0.29) is 17.1 Å². The fourth-order valence-corrected chi connectivity index (χ4v) is 3.87. The van der Waals surface area contributed by atoms with Gasteiger partial charge in [-0.1, -0.05) is 6.92 Å². The zero-order valence-electron chi connectivity index (χ0n) is 16.7. The molecule has 2 heterocycles. The summed E-state index contributed by atoms with van der Waals surface area (Å²) >= 11 is 3.45. The van der Waals surface area contributed by atoms with Gasteiger partial charge < -0.3 is 14.8 Å². The number of hydrogen-bond acceptors (Lipinski definition) is 6. The van der Waals surface area contributed by atoms with Gasteiger partial charge in [0.05, 0.1) is 23.9 Å². The number of carbonyl (C=O) groups excluding carboxylic acids is 1. The molecule has 0 aliphatic carbocycles. The molecule has 0 radical (unpaired) electrons. The van der Waals surface area contributed by atoms with Crippen LogP contribution in [-0.4, -0.2) is 28.6 Å². The molecule has 1 aliphatic heterocycles. The highest BCUT2D eigenvalue weighted by molar-refractivity contribution is 9.10. The van der Waals surface area contributed by atoms with E-state index in [1.165, 1.54) is 11.6 Å². The fourth-order valence-electron chi connectivity index (χ4n) is 3.25. The lowest BCUT2D eigenvalue weighted by Gasteiger charge is -2.12. The summed E-state index contributed by atoms with van der Waals surface area (Å²) in [4.78, 5) is 37.9. The van der Waals surface area contributed by atoms with Crippen LogP contribution in [0.3, 0.4) is 0 Å². The number of anilines is 1. The van der Waals surface area contributed by atoms with Crippen molar-refractivity contribution in [3.05, 3.63) is 54.3 Å². The lowest BCUT2D eigenvalue weighted by atomic mass is 10.1. The van der Waals surface area contributed by atoms with Crippen LogP contribution < -0.4 is 26.0 Å². The number of methoxy groups -OCH3 is 1. The van der Waals surface area contributed by atoms with E-state index < -0.39 is 17.0 Å². The third-order valence-electron chi connectivity index (χ3n) is 4.56. The Morgan fingerprint density at radius 3 is 2.55 bits per heavy atom. The molecule has 0 amide bonds. The van der Waals surface area contributed by atoms with Crippen LogP contribution in [0.5, 0.6) is 11.5 Å². The zero-order valence-corrected chi connectivity index (χ0v) is 18.3. The van der Waals surface area contributed by atoms with E-state index in [9.17, 15) is 14.4 Å². The van der Waals surface area contributed by atoms with E-state index in [1.807, 2.05) is 13.8 Å². The van der Waals surface area contributed by atoms with Crippen LogP contribution in [0.25, 0.3) is 6.08 Å². The predicted octanol–water partition coefficient (Wildman–Crippen LogP) is 2.78. The summed E-state index contributed by atoms with van der Waals surface area (Å²) in [5, 5.41) is 2.97. The van der Waals surface area contributed by atoms with Crippen LogP contribution in [0, 0.1) is 0 Å². The van der Waals surface area contributed by atoms with Crippen LogP contribution in [-0.2, 0) is 13.6 Å². The molecule has 9 heteroatoms. The number of fused-ring (bicyclic) bond motifs is 1. The summed E-state index contributed by atoms with van der Waals surface area (Å²) in [5.41, 5.74) is -0.199. The normalized spacial score (nSPS) is 14.1. The molecule has 1 N–H and O–H groups in total. The van der Waals surface area contributed by atoms with Crippen molar-refractivity contribution in [2.75, 3.05) is 19.0 Å². The van der Waals surface area contributed by atoms with Gasteiger partial charge in [-0.3, -0.25) is 18.7 Å². The molecule has 29 heavy (non-hydrogen) atoms. The van der Waals surface area contributed by atoms with Crippen molar-refractivity contribution in [3.8, 4) is 11.5 Å². The first-order valence-corrected chi connectivity index (χ1v) is 10.0. The number of nitrogens with zero attached hydrogens (tertiary/aromatic N) is 2. The van der Waals surface area contributed by atoms with Crippen LogP contribution >= 0.6 is 15.9 Å².